The Bertz CT molecular complexity index is 611. The molecule has 0 aliphatic rings. The van der Waals surface area contributed by atoms with E-state index < -0.39 is 9.05 Å². The maximum absolute atomic E-state index is 12.1. The van der Waals surface area contributed by atoms with Crippen molar-refractivity contribution < 1.29 is 13.2 Å². The fourth-order valence-electron chi connectivity index (χ4n) is 1.85. The highest BCUT2D eigenvalue weighted by Crippen LogP contribution is 2.23. The van der Waals surface area contributed by atoms with E-state index in [1.807, 2.05) is 13.8 Å². The minimum atomic E-state index is -3.85. The van der Waals surface area contributed by atoms with Crippen LogP contribution >= 0.6 is 10.7 Å². The van der Waals surface area contributed by atoms with Gasteiger partial charge in [0.25, 0.3) is 15.0 Å². The van der Waals surface area contributed by atoms with Crippen molar-refractivity contribution in [2.45, 2.75) is 39.0 Å². The predicted molar refractivity (Wildman–Crippen MR) is 80.7 cm³/mol. The topological polar surface area (TPSA) is 63.2 Å². The second-order valence-electron chi connectivity index (χ2n) is 5.09. The van der Waals surface area contributed by atoms with Crippen LogP contribution in [0, 0.1) is 19.8 Å². The molecule has 0 bridgehead atoms. The molecule has 1 atom stereocenters. The van der Waals surface area contributed by atoms with Crippen LogP contribution in [0.1, 0.15) is 41.8 Å². The molecule has 1 N–H and O–H groups in total. The molecule has 1 amide bonds. The Labute approximate surface area is 124 Å². The lowest BCUT2D eigenvalue weighted by Crippen LogP contribution is -2.28. The van der Waals surface area contributed by atoms with E-state index >= 15 is 0 Å². The average Bonchev–Trinajstić information content (AvgIpc) is 2.33. The predicted octanol–water partition coefficient (Wildman–Crippen LogP) is 3.01. The van der Waals surface area contributed by atoms with Crippen LogP contribution in [0.15, 0.2) is 17.0 Å². The van der Waals surface area contributed by atoms with Crippen LogP contribution in [-0.2, 0) is 9.05 Å². The number of halogens is 1. The summed E-state index contributed by atoms with van der Waals surface area (Å²) in [4.78, 5) is 12.1. The molecular weight excluding hydrogens is 298 g/mol. The summed E-state index contributed by atoms with van der Waals surface area (Å²) in [6, 6.07) is 3.01. The Balaban J connectivity index is 3.10. The van der Waals surface area contributed by atoms with Gasteiger partial charge in [-0.2, -0.15) is 0 Å². The number of amides is 1. The fourth-order valence-corrected chi connectivity index (χ4v) is 3.05. The minimum absolute atomic E-state index is 0.0153. The molecule has 4 nitrogen and oxygen atoms in total. The van der Waals surface area contributed by atoms with Crippen molar-refractivity contribution in [2.24, 2.45) is 5.92 Å². The van der Waals surface area contributed by atoms with Gasteiger partial charge in [-0.25, -0.2) is 8.42 Å². The van der Waals surface area contributed by atoms with E-state index in [0.717, 1.165) is 12.0 Å². The second-order valence-corrected chi connectivity index (χ2v) is 7.63. The quantitative estimate of drug-likeness (QED) is 0.849. The first-order valence-electron chi connectivity index (χ1n) is 6.51. The van der Waals surface area contributed by atoms with Crippen LogP contribution in [0.4, 0.5) is 0 Å². The van der Waals surface area contributed by atoms with E-state index in [9.17, 15) is 13.2 Å². The highest BCUT2D eigenvalue weighted by atomic mass is 35.7. The zero-order valence-electron chi connectivity index (χ0n) is 12.2. The van der Waals surface area contributed by atoms with Crippen LogP contribution in [0.5, 0.6) is 0 Å². The van der Waals surface area contributed by atoms with Gasteiger partial charge in [-0.05, 0) is 37.0 Å². The van der Waals surface area contributed by atoms with E-state index in [1.54, 1.807) is 19.9 Å². The molecule has 0 aliphatic carbocycles. The summed E-state index contributed by atoms with van der Waals surface area (Å²) in [6.45, 7) is 8.08. The average molecular weight is 318 g/mol. The largest absolute Gasteiger partial charge is 0.352 e. The Kier molecular flexibility index (Phi) is 5.59. The zero-order valence-corrected chi connectivity index (χ0v) is 13.7. The molecule has 1 rings (SSSR count). The molecule has 112 valence electrons. The number of hydrogen-bond acceptors (Lipinski definition) is 3. The van der Waals surface area contributed by atoms with Gasteiger partial charge in [0.1, 0.15) is 0 Å². The van der Waals surface area contributed by atoms with Crippen molar-refractivity contribution in [1.29, 1.82) is 0 Å². The molecule has 0 radical (unpaired) electrons. The summed E-state index contributed by atoms with van der Waals surface area (Å²) in [7, 11) is 1.53. The normalized spacial score (nSPS) is 13.1. The second kappa shape index (κ2) is 6.59. The molecule has 0 aromatic heterocycles. The SMILES string of the molecule is CCC(C)CNC(=O)c1cc(S(=O)(=O)Cl)c(C)cc1C. The van der Waals surface area contributed by atoms with Gasteiger partial charge < -0.3 is 5.32 Å². The van der Waals surface area contributed by atoms with Crippen molar-refractivity contribution in [3.8, 4) is 0 Å². The highest BCUT2D eigenvalue weighted by Gasteiger charge is 2.19. The summed E-state index contributed by atoms with van der Waals surface area (Å²) in [5.74, 6) is 0.102. The lowest BCUT2D eigenvalue weighted by molar-refractivity contribution is 0.0947. The van der Waals surface area contributed by atoms with Gasteiger partial charge in [-0.1, -0.05) is 26.3 Å². The molecule has 0 spiro atoms. The number of benzene rings is 1. The van der Waals surface area contributed by atoms with Crippen LogP contribution in [-0.4, -0.2) is 20.9 Å². The third kappa shape index (κ3) is 4.21. The third-order valence-corrected chi connectivity index (χ3v) is 4.80. The monoisotopic (exact) mass is 317 g/mol. The molecule has 0 saturated carbocycles. The Morgan fingerprint density at radius 2 is 1.90 bits per heavy atom. The molecule has 1 aromatic rings. The molecule has 0 saturated heterocycles. The number of rotatable bonds is 5. The van der Waals surface area contributed by atoms with Gasteiger partial charge in [0.05, 0.1) is 4.90 Å². The highest BCUT2D eigenvalue weighted by molar-refractivity contribution is 8.13. The zero-order chi connectivity index (χ0) is 15.5. The van der Waals surface area contributed by atoms with Gasteiger partial charge in [-0.3, -0.25) is 4.79 Å². The van der Waals surface area contributed by atoms with E-state index in [0.29, 0.717) is 23.6 Å². The lowest BCUT2D eigenvalue weighted by Gasteiger charge is -2.13. The Morgan fingerprint density at radius 1 is 1.30 bits per heavy atom. The fraction of sp³-hybridized carbons (Fsp3) is 0.500. The van der Waals surface area contributed by atoms with Gasteiger partial charge in [0, 0.05) is 22.8 Å². The third-order valence-electron chi connectivity index (χ3n) is 3.34. The first kappa shape index (κ1) is 17.0. The molecule has 20 heavy (non-hydrogen) atoms. The standard InChI is InChI=1S/C14H20ClNO3S/c1-5-9(2)8-16-14(17)12-7-13(20(15,18)19)11(4)6-10(12)3/h6-7,9H,5,8H2,1-4H3,(H,16,17). The Hall–Kier alpha value is -1.07. The number of nitrogens with one attached hydrogen (secondary N) is 1. The molecule has 1 unspecified atom stereocenters. The maximum atomic E-state index is 12.1. The lowest BCUT2D eigenvalue weighted by atomic mass is 10.0. The Morgan fingerprint density at radius 3 is 2.40 bits per heavy atom. The minimum Gasteiger partial charge on any atom is -0.352 e. The molecule has 6 heteroatoms. The first-order valence-corrected chi connectivity index (χ1v) is 8.81. The van der Waals surface area contributed by atoms with E-state index in [4.69, 9.17) is 10.7 Å². The van der Waals surface area contributed by atoms with Gasteiger partial charge >= 0.3 is 0 Å². The maximum Gasteiger partial charge on any atom is 0.261 e. The van der Waals surface area contributed by atoms with Crippen LogP contribution in [0.3, 0.4) is 0 Å². The summed E-state index contributed by atoms with van der Waals surface area (Å²) < 4.78 is 23.0. The van der Waals surface area contributed by atoms with Gasteiger partial charge in [-0.15, -0.1) is 0 Å². The molecule has 0 fully saturated rings. The number of carbonyl (C=O) groups is 1. The van der Waals surface area contributed by atoms with Crippen molar-refractivity contribution in [3.05, 3.63) is 28.8 Å². The summed E-state index contributed by atoms with van der Waals surface area (Å²) in [6.07, 6.45) is 0.967. The van der Waals surface area contributed by atoms with Crippen LogP contribution in [0.2, 0.25) is 0 Å². The summed E-state index contributed by atoms with van der Waals surface area (Å²) in [5, 5.41) is 2.81. The van der Waals surface area contributed by atoms with Crippen molar-refractivity contribution in [1.82, 2.24) is 5.32 Å². The first-order chi connectivity index (χ1) is 9.16. The summed E-state index contributed by atoms with van der Waals surface area (Å²) >= 11 is 0. The van der Waals surface area contributed by atoms with E-state index in [2.05, 4.69) is 5.32 Å². The smallest absolute Gasteiger partial charge is 0.261 e. The van der Waals surface area contributed by atoms with Crippen molar-refractivity contribution in [2.75, 3.05) is 6.54 Å². The van der Waals surface area contributed by atoms with E-state index in [1.165, 1.54) is 6.07 Å². The summed E-state index contributed by atoms with van der Waals surface area (Å²) in [5.41, 5.74) is 1.61. The number of hydrogen-bond donors (Lipinski definition) is 1. The van der Waals surface area contributed by atoms with E-state index in [-0.39, 0.29) is 10.8 Å². The van der Waals surface area contributed by atoms with Crippen LogP contribution in [0.25, 0.3) is 0 Å². The number of aryl methyl sites for hydroxylation is 2. The number of carbonyl (C=O) groups excluding carboxylic acids is 1. The molecule has 1 aromatic carbocycles. The molecular formula is C14H20ClNO3S. The van der Waals surface area contributed by atoms with Crippen molar-refractivity contribution >= 4 is 25.6 Å². The molecule has 0 aliphatic heterocycles. The van der Waals surface area contributed by atoms with Crippen molar-refractivity contribution in [3.63, 3.8) is 0 Å². The van der Waals surface area contributed by atoms with Gasteiger partial charge in [0.2, 0.25) is 0 Å². The molecule has 0 heterocycles. The van der Waals surface area contributed by atoms with Crippen LogP contribution < -0.4 is 5.32 Å². The van der Waals surface area contributed by atoms with Gasteiger partial charge in [0.15, 0.2) is 0 Å².